The number of fused-ring (bicyclic) bond motifs is 1. The summed E-state index contributed by atoms with van der Waals surface area (Å²) in [6, 6.07) is 7.99. The molecule has 0 atom stereocenters. The number of aromatic nitrogens is 2. The molecule has 0 bridgehead atoms. The van der Waals surface area contributed by atoms with E-state index < -0.39 is 0 Å². The number of amides is 1. The van der Waals surface area contributed by atoms with Crippen molar-refractivity contribution in [3.05, 3.63) is 36.2 Å². The smallest absolute Gasteiger partial charge is 0.274 e. The summed E-state index contributed by atoms with van der Waals surface area (Å²) in [4.78, 5) is 23.3. The highest BCUT2D eigenvalue weighted by molar-refractivity contribution is 5.93. The number of para-hydroxylation sites is 2. The van der Waals surface area contributed by atoms with Crippen LogP contribution in [0.1, 0.15) is 49.0 Å². The number of carbonyl (C=O) groups is 1. The summed E-state index contributed by atoms with van der Waals surface area (Å²) in [5.41, 5.74) is 2.05. The number of hydrogen-bond acceptors (Lipinski definition) is 3. The molecule has 3 rings (SSSR count). The molecule has 1 aliphatic carbocycles. The van der Waals surface area contributed by atoms with Crippen LogP contribution in [0.25, 0.3) is 11.0 Å². The van der Waals surface area contributed by atoms with E-state index >= 15 is 0 Å². The monoisotopic (exact) mass is 283 g/mol. The second-order valence-electron chi connectivity index (χ2n) is 5.81. The third kappa shape index (κ3) is 3.04. The Labute approximate surface area is 125 Å². The van der Waals surface area contributed by atoms with Gasteiger partial charge >= 0.3 is 0 Å². The SMILES string of the molecule is CN(C(=O)c1cnc2ccccc2n1)C1CCCCCC1. The third-order valence-corrected chi connectivity index (χ3v) is 4.36. The van der Waals surface area contributed by atoms with E-state index in [2.05, 4.69) is 9.97 Å². The van der Waals surface area contributed by atoms with Gasteiger partial charge in [0.25, 0.3) is 5.91 Å². The van der Waals surface area contributed by atoms with Crippen LogP contribution in [0.15, 0.2) is 30.5 Å². The molecule has 1 saturated carbocycles. The zero-order valence-corrected chi connectivity index (χ0v) is 12.5. The fourth-order valence-corrected chi connectivity index (χ4v) is 3.05. The van der Waals surface area contributed by atoms with Crippen molar-refractivity contribution in [1.29, 1.82) is 0 Å². The number of nitrogens with zero attached hydrogens (tertiary/aromatic N) is 3. The van der Waals surface area contributed by atoms with Gasteiger partial charge in [0.2, 0.25) is 0 Å². The highest BCUT2D eigenvalue weighted by atomic mass is 16.2. The molecule has 4 heteroatoms. The van der Waals surface area contributed by atoms with Crippen LogP contribution in [0.5, 0.6) is 0 Å². The van der Waals surface area contributed by atoms with Crippen molar-refractivity contribution in [3.63, 3.8) is 0 Å². The maximum Gasteiger partial charge on any atom is 0.274 e. The summed E-state index contributed by atoms with van der Waals surface area (Å²) in [5, 5.41) is 0. The molecule has 0 radical (unpaired) electrons. The molecule has 0 aliphatic heterocycles. The Morgan fingerprint density at radius 3 is 2.48 bits per heavy atom. The fourth-order valence-electron chi connectivity index (χ4n) is 3.05. The van der Waals surface area contributed by atoms with Gasteiger partial charge in [0.05, 0.1) is 17.2 Å². The first-order valence-corrected chi connectivity index (χ1v) is 7.74. The summed E-state index contributed by atoms with van der Waals surface area (Å²) >= 11 is 0. The van der Waals surface area contributed by atoms with Gasteiger partial charge in [0, 0.05) is 13.1 Å². The zero-order valence-electron chi connectivity index (χ0n) is 12.5. The molecule has 0 spiro atoms. The Balaban J connectivity index is 1.81. The number of rotatable bonds is 2. The van der Waals surface area contributed by atoms with Crippen LogP contribution in [0.2, 0.25) is 0 Å². The van der Waals surface area contributed by atoms with E-state index in [-0.39, 0.29) is 5.91 Å². The maximum absolute atomic E-state index is 12.6. The standard InChI is InChI=1S/C17H21N3O/c1-20(13-8-4-2-3-5-9-13)17(21)16-12-18-14-10-6-7-11-15(14)19-16/h6-7,10-13H,2-5,8-9H2,1H3. The van der Waals surface area contributed by atoms with Gasteiger partial charge < -0.3 is 4.90 Å². The van der Waals surface area contributed by atoms with Crippen LogP contribution in [0.4, 0.5) is 0 Å². The second kappa shape index (κ2) is 6.20. The van der Waals surface area contributed by atoms with Crippen molar-refractivity contribution in [3.8, 4) is 0 Å². The Kier molecular flexibility index (Phi) is 4.13. The molecule has 0 N–H and O–H groups in total. The molecule has 1 fully saturated rings. The van der Waals surface area contributed by atoms with Crippen LogP contribution >= 0.6 is 0 Å². The van der Waals surface area contributed by atoms with E-state index in [4.69, 9.17) is 0 Å². The first kappa shape index (κ1) is 14.0. The zero-order chi connectivity index (χ0) is 14.7. The molecule has 1 aromatic heterocycles. The molecule has 1 amide bonds. The minimum atomic E-state index is -0.0137. The molecule has 0 unspecified atom stereocenters. The topological polar surface area (TPSA) is 46.1 Å². The van der Waals surface area contributed by atoms with Crippen LogP contribution in [-0.2, 0) is 0 Å². The van der Waals surface area contributed by atoms with Gasteiger partial charge in [-0.05, 0) is 25.0 Å². The van der Waals surface area contributed by atoms with Gasteiger partial charge in [-0.1, -0.05) is 37.8 Å². The van der Waals surface area contributed by atoms with Crippen molar-refractivity contribution >= 4 is 16.9 Å². The van der Waals surface area contributed by atoms with E-state index in [0.29, 0.717) is 11.7 Å². The number of carbonyl (C=O) groups excluding carboxylic acids is 1. The van der Waals surface area contributed by atoms with E-state index in [1.165, 1.54) is 25.7 Å². The Hall–Kier alpha value is -1.97. The predicted octanol–water partition coefficient (Wildman–Crippen LogP) is 3.42. The summed E-state index contributed by atoms with van der Waals surface area (Å²) in [6.45, 7) is 0. The van der Waals surface area contributed by atoms with Crippen LogP contribution in [0, 0.1) is 0 Å². The Bertz CT molecular complexity index is 633. The molecule has 1 heterocycles. The number of benzene rings is 1. The molecule has 4 nitrogen and oxygen atoms in total. The molecule has 1 aliphatic rings. The second-order valence-corrected chi connectivity index (χ2v) is 5.81. The first-order valence-electron chi connectivity index (χ1n) is 7.74. The van der Waals surface area contributed by atoms with E-state index in [9.17, 15) is 4.79 Å². The summed E-state index contributed by atoms with van der Waals surface area (Å²) < 4.78 is 0. The Morgan fingerprint density at radius 2 is 1.76 bits per heavy atom. The van der Waals surface area contributed by atoms with Crippen molar-refractivity contribution in [2.75, 3.05) is 7.05 Å². The molecule has 1 aromatic carbocycles. The van der Waals surface area contributed by atoms with E-state index in [1.807, 2.05) is 36.2 Å². The van der Waals surface area contributed by atoms with Crippen molar-refractivity contribution in [2.45, 2.75) is 44.6 Å². The average molecular weight is 283 g/mol. The minimum absolute atomic E-state index is 0.0137. The van der Waals surface area contributed by atoms with E-state index in [1.54, 1.807) is 6.20 Å². The number of hydrogen-bond donors (Lipinski definition) is 0. The van der Waals surface area contributed by atoms with Gasteiger partial charge in [-0.3, -0.25) is 9.78 Å². The lowest BCUT2D eigenvalue weighted by molar-refractivity contribution is 0.0711. The summed E-state index contributed by atoms with van der Waals surface area (Å²) in [6.07, 6.45) is 8.80. The van der Waals surface area contributed by atoms with E-state index in [0.717, 1.165) is 23.9 Å². The lowest BCUT2D eigenvalue weighted by atomic mass is 10.1. The van der Waals surface area contributed by atoms with Gasteiger partial charge in [0.15, 0.2) is 0 Å². The fraction of sp³-hybridized carbons (Fsp3) is 0.471. The summed E-state index contributed by atoms with van der Waals surface area (Å²) in [7, 11) is 1.90. The van der Waals surface area contributed by atoms with Crippen molar-refractivity contribution in [2.24, 2.45) is 0 Å². The van der Waals surface area contributed by atoms with Gasteiger partial charge in [0.1, 0.15) is 5.69 Å². The highest BCUT2D eigenvalue weighted by Gasteiger charge is 2.23. The van der Waals surface area contributed by atoms with Crippen molar-refractivity contribution < 1.29 is 4.79 Å². The maximum atomic E-state index is 12.6. The Morgan fingerprint density at radius 1 is 1.10 bits per heavy atom. The molecular formula is C17H21N3O. The van der Waals surface area contributed by atoms with Crippen LogP contribution < -0.4 is 0 Å². The largest absolute Gasteiger partial charge is 0.337 e. The highest BCUT2D eigenvalue weighted by Crippen LogP contribution is 2.22. The molecule has 110 valence electrons. The summed E-state index contributed by atoms with van der Waals surface area (Å²) in [5.74, 6) is -0.0137. The van der Waals surface area contributed by atoms with Crippen molar-refractivity contribution in [1.82, 2.24) is 14.9 Å². The molecule has 0 saturated heterocycles. The van der Waals surface area contributed by atoms with Crippen LogP contribution in [-0.4, -0.2) is 33.9 Å². The molecule has 21 heavy (non-hydrogen) atoms. The first-order chi connectivity index (χ1) is 10.3. The molecule has 2 aromatic rings. The normalized spacial score (nSPS) is 16.6. The lowest BCUT2D eigenvalue weighted by Gasteiger charge is -2.26. The third-order valence-electron chi connectivity index (χ3n) is 4.36. The lowest BCUT2D eigenvalue weighted by Crippen LogP contribution is -2.37. The average Bonchev–Trinajstić information content (AvgIpc) is 2.82. The predicted molar refractivity (Wildman–Crippen MR) is 83.1 cm³/mol. The van der Waals surface area contributed by atoms with Gasteiger partial charge in [-0.25, -0.2) is 4.98 Å². The quantitative estimate of drug-likeness (QED) is 0.793. The minimum Gasteiger partial charge on any atom is -0.337 e. The van der Waals surface area contributed by atoms with Gasteiger partial charge in [-0.15, -0.1) is 0 Å². The van der Waals surface area contributed by atoms with Gasteiger partial charge in [-0.2, -0.15) is 0 Å². The van der Waals surface area contributed by atoms with Crippen LogP contribution in [0.3, 0.4) is 0 Å². The molecular weight excluding hydrogens is 262 g/mol.